The zero-order valence-corrected chi connectivity index (χ0v) is 17.4. The lowest BCUT2D eigenvalue weighted by atomic mass is 10.0. The van der Waals surface area contributed by atoms with Crippen LogP contribution in [0, 0.1) is 0 Å². The van der Waals surface area contributed by atoms with Gasteiger partial charge >= 0.3 is 5.97 Å². The summed E-state index contributed by atoms with van der Waals surface area (Å²) in [6.07, 6.45) is 4.98. The number of aryl methyl sites for hydroxylation is 1. The summed E-state index contributed by atoms with van der Waals surface area (Å²) in [5.74, 6) is 0.989. The minimum Gasteiger partial charge on any atom is -0.493 e. The second-order valence-electron chi connectivity index (χ2n) is 7.04. The summed E-state index contributed by atoms with van der Waals surface area (Å²) < 4.78 is 16.2. The molecule has 0 heterocycles. The standard InChI is InChI=1S/C24H30O5/c1-4-28-23(25)17-24(2,26)15-9-8-10-19-13-14-21(22(16-19)27-3)29-18-20-11-6-5-7-12-20/h5-7,9,11-16,26H,4,8,10,17-18H2,1-3H3/b15-9+. The second kappa shape index (κ2) is 11.3. The molecule has 0 fully saturated rings. The molecule has 1 N–H and O–H groups in total. The third kappa shape index (κ3) is 8.00. The van der Waals surface area contributed by atoms with Crippen LogP contribution < -0.4 is 9.47 Å². The fourth-order valence-corrected chi connectivity index (χ4v) is 2.87. The SMILES string of the molecule is CCOC(=O)CC(C)(O)/C=C/CCc1ccc(OCc2ccccc2)c(OC)c1. The predicted molar refractivity (Wildman–Crippen MR) is 113 cm³/mol. The van der Waals surface area contributed by atoms with Gasteiger partial charge in [-0.3, -0.25) is 4.79 Å². The molecule has 0 aliphatic carbocycles. The Morgan fingerprint density at radius 1 is 1.10 bits per heavy atom. The molecule has 5 heteroatoms. The summed E-state index contributed by atoms with van der Waals surface area (Å²) in [4.78, 5) is 11.5. The summed E-state index contributed by atoms with van der Waals surface area (Å²) in [5, 5.41) is 10.3. The van der Waals surface area contributed by atoms with Crippen LogP contribution >= 0.6 is 0 Å². The van der Waals surface area contributed by atoms with Crippen molar-refractivity contribution in [3.05, 3.63) is 71.8 Å². The van der Waals surface area contributed by atoms with Crippen molar-refractivity contribution in [1.82, 2.24) is 0 Å². The number of hydrogen-bond acceptors (Lipinski definition) is 5. The Bertz CT molecular complexity index is 796. The highest BCUT2D eigenvalue weighted by Gasteiger charge is 2.21. The van der Waals surface area contributed by atoms with Gasteiger partial charge in [0.15, 0.2) is 11.5 Å². The zero-order chi connectivity index (χ0) is 21.1. The Morgan fingerprint density at radius 3 is 2.55 bits per heavy atom. The maximum absolute atomic E-state index is 11.5. The molecule has 0 saturated heterocycles. The van der Waals surface area contributed by atoms with Crippen molar-refractivity contribution >= 4 is 5.97 Å². The van der Waals surface area contributed by atoms with Gasteiger partial charge in [-0.2, -0.15) is 0 Å². The fraction of sp³-hybridized carbons (Fsp3) is 0.375. The molecule has 0 aliphatic heterocycles. The zero-order valence-electron chi connectivity index (χ0n) is 17.4. The van der Waals surface area contributed by atoms with E-state index in [1.54, 1.807) is 27.0 Å². The Kier molecular flexibility index (Phi) is 8.74. The van der Waals surface area contributed by atoms with Gasteiger partial charge in [0, 0.05) is 0 Å². The highest BCUT2D eigenvalue weighted by molar-refractivity contribution is 5.71. The van der Waals surface area contributed by atoms with Crippen molar-refractivity contribution in [3.8, 4) is 11.5 Å². The van der Waals surface area contributed by atoms with E-state index in [-0.39, 0.29) is 6.42 Å². The van der Waals surface area contributed by atoms with E-state index in [9.17, 15) is 9.90 Å². The fourth-order valence-electron chi connectivity index (χ4n) is 2.87. The maximum atomic E-state index is 11.5. The van der Waals surface area contributed by atoms with Crippen LogP contribution in [0.15, 0.2) is 60.7 Å². The first kappa shape index (κ1) is 22.5. The summed E-state index contributed by atoms with van der Waals surface area (Å²) in [6, 6.07) is 15.9. The first-order valence-electron chi connectivity index (χ1n) is 9.83. The summed E-state index contributed by atoms with van der Waals surface area (Å²) in [5.41, 5.74) is 0.987. The van der Waals surface area contributed by atoms with Crippen molar-refractivity contribution in [3.63, 3.8) is 0 Å². The lowest BCUT2D eigenvalue weighted by Gasteiger charge is -2.17. The van der Waals surface area contributed by atoms with E-state index in [1.807, 2.05) is 54.6 Å². The topological polar surface area (TPSA) is 65.0 Å². The molecule has 0 saturated carbocycles. The van der Waals surface area contributed by atoms with Crippen LogP contribution in [-0.4, -0.2) is 30.4 Å². The Balaban J connectivity index is 1.88. The highest BCUT2D eigenvalue weighted by Crippen LogP contribution is 2.29. The molecule has 0 bridgehead atoms. The summed E-state index contributed by atoms with van der Waals surface area (Å²) in [7, 11) is 1.63. The van der Waals surface area contributed by atoms with Crippen LogP contribution in [0.5, 0.6) is 11.5 Å². The van der Waals surface area contributed by atoms with Crippen molar-refractivity contribution in [1.29, 1.82) is 0 Å². The first-order valence-corrected chi connectivity index (χ1v) is 9.83. The second-order valence-corrected chi connectivity index (χ2v) is 7.04. The number of esters is 1. The third-order valence-corrected chi connectivity index (χ3v) is 4.35. The average molecular weight is 398 g/mol. The predicted octanol–water partition coefficient (Wildman–Crippen LogP) is 4.47. The Labute approximate surface area is 172 Å². The largest absolute Gasteiger partial charge is 0.493 e. The van der Waals surface area contributed by atoms with Gasteiger partial charge in [0.1, 0.15) is 6.61 Å². The Hall–Kier alpha value is -2.79. The molecule has 5 nitrogen and oxygen atoms in total. The van der Waals surface area contributed by atoms with E-state index < -0.39 is 11.6 Å². The Morgan fingerprint density at radius 2 is 1.86 bits per heavy atom. The van der Waals surface area contributed by atoms with E-state index in [1.165, 1.54) is 0 Å². The van der Waals surface area contributed by atoms with E-state index in [0.717, 1.165) is 24.0 Å². The van der Waals surface area contributed by atoms with Crippen LogP contribution in [0.1, 0.15) is 37.8 Å². The molecule has 0 spiro atoms. The summed E-state index contributed by atoms with van der Waals surface area (Å²) >= 11 is 0. The molecule has 0 aliphatic rings. The lowest BCUT2D eigenvalue weighted by molar-refractivity contribution is -0.146. The van der Waals surface area contributed by atoms with Gasteiger partial charge in [-0.1, -0.05) is 48.6 Å². The van der Waals surface area contributed by atoms with Crippen molar-refractivity contribution in [2.75, 3.05) is 13.7 Å². The number of aliphatic hydroxyl groups is 1. The van der Waals surface area contributed by atoms with Gasteiger partial charge in [0.25, 0.3) is 0 Å². The van der Waals surface area contributed by atoms with Crippen LogP contribution in [0.4, 0.5) is 0 Å². The lowest BCUT2D eigenvalue weighted by Crippen LogP contribution is -2.26. The van der Waals surface area contributed by atoms with Crippen LogP contribution in [0.3, 0.4) is 0 Å². The molecule has 0 amide bonds. The third-order valence-electron chi connectivity index (χ3n) is 4.35. The van der Waals surface area contributed by atoms with E-state index in [4.69, 9.17) is 14.2 Å². The molecule has 1 unspecified atom stereocenters. The molecule has 0 aromatic heterocycles. The molecule has 1 atom stereocenters. The van der Waals surface area contributed by atoms with Gasteiger partial charge < -0.3 is 19.3 Å². The number of allylic oxidation sites excluding steroid dienone is 1. The monoisotopic (exact) mass is 398 g/mol. The molecule has 29 heavy (non-hydrogen) atoms. The molecule has 2 aromatic rings. The molecular weight excluding hydrogens is 368 g/mol. The number of hydrogen-bond donors (Lipinski definition) is 1. The smallest absolute Gasteiger partial charge is 0.309 e. The number of benzene rings is 2. The molecule has 156 valence electrons. The van der Waals surface area contributed by atoms with E-state index in [0.29, 0.717) is 24.7 Å². The van der Waals surface area contributed by atoms with Crippen LogP contribution in [0.2, 0.25) is 0 Å². The van der Waals surface area contributed by atoms with Crippen LogP contribution in [-0.2, 0) is 22.6 Å². The average Bonchev–Trinajstić information content (AvgIpc) is 2.70. The van der Waals surface area contributed by atoms with Crippen molar-refractivity contribution < 1.29 is 24.1 Å². The minimum atomic E-state index is -1.21. The number of ether oxygens (including phenoxy) is 3. The minimum absolute atomic E-state index is 0.0569. The van der Waals surface area contributed by atoms with Gasteiger partial charge in [-0.25, -0.2) is 0 Å². The highest BCUT2D eigenvalue weighted by atomic mass is 16.5. The normalized spacial score (nSPS) is 13.1. The first-order chi connectivity index (χ1) is 13.9. The quantitative estimate of drug-likeness (QED) is 0.447. The summed E-state index contributed by atoms with van der Waals surface area (Å²) in [6.45, 7) is 4.14. The molecule has 0 radical (unpaired) electrons. The number of rotatable bonds is 11. The molecular formula is C24H30O5. The number of carbonyl (C=O) groups is 1. The van der Waals surface area contributed by atoms with E-state index >= 15 is 0 Å². The maximum Gasteiger partial charge on any atom is 0.309 e. The van der Waals surface area contributed by atoms with Gasteiger partial charge in [-0.05, 0) is 49.9 Å². The molecule has 2 aromatic carbocycles. The van der Waals surface area contributed by atoms with Gasteiger partial charge in [0.2, 0.25) is 0 Å². The van der Waals surface area contributed by atoms with E-state index in [2.05, 4.69) is 0 Å². The van der Waals surface area contributed by atoms with Crippen LogP contribution in [0.25, 0.3) is 0 Å². The van der Waals surface area contributed by atoms with Gasteiger partial charge in [-0.15, -0.1) is 0 Å². The molecule has 2 rings (SSSR count). The van der Waals surface area contributed by atoms with Crippen molar-refractivity contribution in [2.45, 2.75) is 45.3 Å². The number of methoxy groups -OCH3 is 1. The van der Waals surface area contributed by atoms with Crippen molar-refractivity contribution in [2.24, 2.45) is 0 Å². The van der Waals surface area contributed by atoms with Gasteiger partial charge in [0.05, 0.1) is 25.7 Å². The number of carbonyl (C=O) groups excluding carboxylic acids is 1.